The zero-order valence-corrected chi connectivity index (χ0v) is 18.3. The van der Waals surface area contributed by atoms with Gasteiger partial charge in [0.25, 0.3) is 0 Å². The fraction of sp³-hybridized carbons (Fsp3) is 0.545. The van der Waals surface area contributed by atoms with Crippen LogP contribution in [0.1, 0.15) is 44.1 Å². The first kappa shape index (κ1) is 22.0. The maximum Gasteiger partial charge on any atom is 0.356 e. The van der Waals surface area contributed by atoms with E-state index in [4.69, 9.17) is 14.2 Å². The van der Waals surface area contributed by atoms with Crippen molar-refractivity contribution in [1.29, 1.82) is 0 Å². The first-order valence-electron chi connectivity index (χ1n) is 10.4. The van der Waals surface area contributed by atoms with E-state index in [1.807, 2.05) is 6.92 Å². The summed E-state index contributed by atoms with van der Waals surface area (Å²) in [6.45, 7) is 7.85. The Balaban J connectivity index is 1.98. The van der Waals surface area contributed by atoms with E-state index in [1.165, 1.54) is 6.42 Å². The summed E-state index contributed by atoms with van der Waals surface area (Å²) in [5.41, 5.74) is 1.24. The van der Waals surface area contributed by atoms with Gasteiger partial charge in [-0.25, -0.2) is 4.79 Å². The molecule has 2 heterocycles. The number of anilines is 1. The number of hydrogen-bond donors (Lipinski definition) is 2. The number of nitrogens with one attached hydrogen (secondary N) is 2. The summed E-state index contributed by atoms with van der Waals surface area (Å²) in [5, 5.41) is 3.62. The second kappa shape index (κ2) is 9.38. The van der Waals surface area contributed by atoms with E-state index in [9.17, 15) is 9.59 Å². The Morgan fingerprint density at radius 3 is 2.60 bits per heavy atom. The number of amides is 1. The lowest BCUT2D eigenvalue weighted by atomic mass is 9.99. The van der Waals surface area contributed by atoms with E-state index in [-0.39, 0.29) is 24.2 Å². The van der Waals surface area contributed by atoms with Gasteiger partial charge in [0, 0.05) is 18.0 Å². The molecule has 0 spiro atoms. The second-order valence-corrected chi connectivity index (χ2v) is 7.76. The van der Waals surface area contributed by atoms with Crippen molar-refractivity contribution < 1.29 is 23.8 Å². The highest BCUT2D eigenvalue weighted by atomic mass is 16.5. The van der Waals surface area contributed by atoms with Gasteiger partial charge in [-0.2, -0.15) is 0 Å². The Hall–Kier alpha value is -2.74. The van der Waals surface area contributed by atoms with Crippen molar-refractivity contribution in [3.63, 3.8) is 0 Å². The largest absolute Gasteiger partial charge is 0.493 e. The number of piperidine rings is 1. The topological polar surface area (TPSA) is 92.9 Å². The maximum absolute atomic E-state index is 13.1. The zero-order chi connectivity index (χ0) is 21.8. The van der Waals surface area contributed by atoms with Gasteiger partial charge in [0.2, 0.25) is 5.91 Å². The van der Waals surface area contributed by atoms with Crippen LogP contribution in [0.5, 0.6) is 11.5 Å². The molecular formula is C22H31N3O5. The van der Waals surface area contributed by atoms with Gasteiger partial charge in [-0.15, -0.1) is 0 Å². The number of esters is 1. The minimum atomic E-state index is -0.527. The van der Waals surface area contributed by atoms with Crippen molar-refractivity contribution in [2.45, 2.75) is 39.7 Å². The molecule has 1 aromatic carbocycles. The SMILES string of the molecule is CCOC(=O)c1[nH]c2cc(OC)c(OC)cc2c1NC(=O)[C@@H](C)N1CCC[C@H](C)C1. The number of aromatic amines is 1. The zero-order valence-electron chi connectivity index (χ0n) is 18.3. The van der Waals surface area contributed by atoms with Crippen LogP contribution in [0.3, 0.4) is 0 Å². The molecule has 1 fully saturated rings. The van der Waals surface area contributed by atoms with Gasteiger partial charge in [0.05, 0.1) is 38.1 Å². The summed E-state index contributed by atoms with van der Waals surface area (Å²) in [6, 6.07) is 3.17. The van der Waals surface area contributed by atoms with Crippen LogP contribution in [0, 0.1) is 5.92 Å². The Kier molecular flexibility index (Phi) is 6.87. The summed E-state index contributed by atoms with van der Waals surface area (Å²) in [7, 11) is 3.09. The third-order valence-corrected chi connectivity index (χ3v) is 5.65. The summed E-state index contributed by atoms with van der Waals surface area (Å²) in [5.74, 6) is 0.906. The van der Waals surface area contributed by atoms with Crippen LogP contribution in [-0.4, -0.2) is 61.7 Å². The van der Waals surface area contributed by atoms with Crippen molar-refractivity contribution in [1.82, 2.24) is 9.88 Å². The van der Waals surface area contributed by atoms with Crippen LogP contribution in [0.4, 0.5) is 5.69 Å². The molecule has 1 aromatic heterocycles. The lowest BCUT2D eigenvalue weighted by Crippen LogP contribution is -2.46. The molecule has 8 heteroatoms. The van der Waals surface area contributed by atoms with Crippen LogP contribution >= 0.6 is 0 Å². The number of benzene rings is 1. The van der Waals surface area contributed by atoms with Gasteiger partial charge in [-0.1, -0.05) is 6.92 Å². The van der Waals surface area contributed by atoms with Crippen molar-refractivity contribution >= 4 is 28.5 Å². The number of methoxy groups -OCH3 is 2. The normalized spacial score (nSPS) is 18.1. The molecule has 1 aliphatic heterocycles. The molecule has 2 atom stereocenters. The van der Waals surface area contributed by atoms with E-state index < -0.39 is 5.97 Å². The van der Waals surface area contributed by atoms with Crippen LogP contribution in [0.2, 0.25) is 0 Å². The molecule has 1 amide bonds. The molecule has 164 valence electrons. The molecule has 2 aromatic rings. The van der Waals surface area contributed by atoms with Crippen LogP contribution in [-0.2, 0) is 9.53 Å². The summed E-state index contributed by atoms with van der Waals surface area (Å²) >= 11 is 0. The minimum absolute atomic E-state index is 0.162. The molecule has 30 heavy (non-hydrogen) atoms. The van der Waals surface area contributed by atoms with Crippen molar-refractivity contribution in [3.8, 4) is 11.5 Å². The number of rotatable bonds is 7. The molecule has 0 radical (unpaired) electrons. The Labute approximate surface area is 176 Å². The summed E-state index contributed by atoms with van der Waals surface area (Å²) in [6.07, 6.45) is 2.26. The standard InChI is InChI=1S/C22H31N3O5/c1-6-30-22(27)20-19(15-10-17(28-4)18(29-5)11-16(15)23-20)24-21(26)14(3)25-9-7-8-13(2)12-25/h10-11,13-14,23H,6-9,12H2,1-5H3,(H,24,26)/t13-,14+/m0/s1. The second-order valence-electron chi connectivity index (χ2n) is 7.76. The molecular weight excluding hydrogens is 386 g/mol. The van der Waals surface area contributed by atoms with Crippen molar-refractivity contribution in [3.05, 3.63) is 17.8 Å². The average Bonchev–Trinajstić information content (AvgIpc) is 3.09. The van der Waals surface area contributed by atoms with E-state index in [1.54, 1.807) is 33.3 Å². The van der Waals surface area contributed by atoms with E-state index in [2.05, 4.69) is 22.1 Å². The highest BCUT2D eigenvalue weighted by molar-refractivity contribution is 6.12. The number of ether oxygens (including phenoxy) is 3. The van der Waals surface area contributed by atoms with Crippen LogP contribution in [0.25, 0.3) is 10.9 Å². The third-order valence-electron chi connectivity index (χ3n) is 5.65. The van der Waals surface area contributed by atoms with Gasteiger partial charge in [0.15, 0.2) is 11.5 Å². The molecule has 0 bridgehead atoms. The highest BCUT2D eigenvalue weighted by Gasteiger charge is 2.28. The summed E-state index contributed by atoms with van der Waals surface area (Å²) < 4.78 is 15.9. The Bertz CT molecular complexity index is 923. The molecule has 3 rings (SSSR count). The van der Waals surface area contributed by atoms with Gasteiger partial charge in [0.1, 0.15) is 5.69 Å². The molecule has 0 saturated carbocycles. The number of likely N-dealkylation sites (tertiary alicyclic amines) is 1. The fourth-order valence-corrected chi connectivity index (χ4v) is 3.98. The number of fused-ring (bicyclic) bond motifs is 1. The minimum Gasteiger partial charge on any atom is -0.493 e. The Morgan fingerprint density at radius 1 is 1.27 bits per heavy atom. The molecule has 2 N–H and O–H groups in total. The predicted octanol–water partition coefficient (Wildman–Crippen LogP) is 3.42. The van der Waals surface area contributed by atoms with Gasteiger partial charge >= 0.3 is 5.97 Å². The van der Waals surface area contributed by atoms with E-state index >= 15 is 0 Å². The van der Waals surface area contributed by atoms with Gasteiger partial charge in [-0.05, 0) is 45.2 Å². The number of aromatic nitrogens is 1. The van der Waals surface area contributed by atoms with Crippen molar-refractivity contribution in [2.24, 2.45) is 5.92 Å². The lowest BCUT2D eigenvalue weighted by Gasteiger charge is -2.34. The van der Waals surface area contributed by atoms with Gasteiger partial charge in [-0.3, -0.25) is 9.69 Å². The van der Waals surface area contributed by atoms with Crippen LogP contribution < -0.4 is 14.8 Å². The first-order chi connectivity index (χ1) is 14.4. The molecule has 1 saturated heterocycles. The third kappa shape index (κ3) is 4.38. The number of carbonyl (C=O) groups is 2. The van der Waals surface area contributed by atoms with Crippen molar-refractivity contribution in [2.75, 3.05) is 39.2 Å². The number of nitrogens with zero attached hydrogens (tertiary/aromatic N) is 1. The van der Waals surface area contributed by atoms with Crippen LogP contribution in [0.15, 0.2) is 12.1 Å². The smallest absolute Gasteiger partial charge is 0.356 e. The van der Waals surface area contributed by atoms with E-state index in [0.29, 0.717) is 34.0 Å². The first-order valence-corrected chi connectivity index (χ1v) is 10.4. The predicted molar refractivity (Wildman–Crippen MR) is 115 cm³/mol. The maximum atomic E-state index is 13.1. The van der Waals surface area contributed by atoms with E-state index in [0.717, 1.165) is 19.5 Å². The molecule has 0 unspecified atom stereocenters. The number of carbonyl (C=O) groups excluding carboxylic acids is 2. The molecule has 1 aliphatic rings. The molecule has 0 aliphatic carbocycles. The molecule has 8 nitrogen and oxygen atoms in total. The van der Waals surface area contributed by atoms with Gasteiger partial charge < -0.3 is 24.5 Å². The quantitative estimate of drug-likeness (QED) is 0.671. The lowest BCUT2D eigenvalue weighted by molar-refractivity contribution is -0.121. The number of hydrogen-bond acceptors (Lipinski definition) is 6. The fourth-order valence-electron chi connectivity index (χ4n) is 3.98. The monoisotopic (exact) mass is 417 g/mol. The highest BCUT2D eigenvalue weighted by Crippen LogP contribution is 2.37. The Morgan fingerprint density at radius 2 is 1.97 bits per heavy atom. The number of H-pyrrole nitrogens is 1. The summed E-state index contributed by atoms with van der Waals surface area (Å²) in [4.78, 5) is 30.9. The average molecular weight is 418 g/mol.